The van der Waals surface area contributed by atoms with Crippen LogP contribution in [0.1, 0.15) is 34.0 Å². The van der Waals surface area contributed by atoms with E-state index in [1.807, 2.05) is 37.3 Å². The van der Waals surface area contributed by atoms with E-state index in [2.05, 4.69) is 43.3 Å². The van der Waals surface area contributed by atoms with E-state index >= 15 is 0 Å². The molecule has 0 unspecified atom stereocenters. The molecule has 3 heteroatoms. The summed E-state index contributed by atoms with van der Waals surface area (Å²) < 4.78 is 5.10. The second-order valence-electron chi connectivity index (χ2n) is 5.62. The average Bonchev–Trinajstić information content (AvgIpc) is 2.54. The number of carbonyl (C=O) groups excluding carboxylic acids is 1. The van der Waals surface area contributed by atoms with E-state index in [9.17, 15) is 4.79 Å². The maximum Gasteiger partial charge on any atom is 0.338 e. The minimum absolute atomic E-state index is 0.283. The molecule has 2 aromatic rings. The van der Waals surface area contributed by atoms with Gasteiger partial charge in [-0.25, -0.2) is 4.79 Å². The first kappa shape index (κ1) is 17.0. The van der Waals surface area contributed by atoms with E-state index in [1.54, 1.807) is 6.07 Å². The molecule has 0 amide bonds. The molecule has 0 saturated heterocycles. The van der Waals surface area contributed by atoms with E-state index in [0.717, 1.165) is 17.7 Å². The van der Waals surface area contributed by atoms with E-state index in [0.29, 0.717) is 12.2 Å². The number of hydrogen-bond acceptors (Lipinski definition) is 3. The lowest BCUT2D eigenvalue weighted by Gasteiger charge is -2.09. The molecule has 0 saturated carbocycles. The highest BCUT2D eigenvalue weighted by atomic mass is 16.5. The summed E-state index contributed by atoms with van der Waals surface area (Å²) in [5.41, 5.74) is 3.84. The fourth-order valence-electron chi connectivity index (χ4n) is 2.32. The Hall–Kier alpha value is -2.39. The van der Waals surface area contributed by atoms with Gasteiger partial charge in [0.15, 0.2) is 0 Å². The summed E-state index contributed by atoms with van der Waals surface area (Å²) in [5.74, 6) is -0.283. The Labute approximate surface area is 138 Å². The van der Waals surface area contributed by atoms with Crippen LogP contribution in [0.15, 0.2) is 48.5 Å². The summed E-state index contributed by atoms with van der Waals surface area (Å²) in [4.78, 5) is 14.1. The minimum Gasteiger partial charge on any atom is -0.462 e. The second kappa shape index (κ2) is 8.30. The van der Waals surface area contributed by atoms with Crippen molar-refractivity contribution >= 4 is 18.1 Å². The number of benzene rings is 2. The molecule has 0 bridgehead atoms. The van der Waals surface area contributed by atoms with Gasteiger partial charge in [-0.15, -0.1) is 0 Å². The third-order valence-electron chi connectivity index (χ3n) is 3.39. The third-order valence-corrected chi connectivity index (χ3v) is 3.39. The maximum atomic E-state index is 12.0. The molecule has 0 fully saturated rings. The van der Waals surface area contributed by atoms with Crippen LogP contribution in [0.3, 0.4) is 0 Å². The van der Waals surface area contributed by atoms with Gasteiger partial charge in [-0.2, -0.15) is 0 Å². The summed E-state index contributed by atoms with van der Waals surface area (Å²) in [6.45, 7) is 3.12. The largest absolute Gasteiger partial charge is 0.462 e. The van der Waals surface area contributed by atoms with Crippen molar-refractivity contribution in [1.29, 1.82) is 0 Å². The monoisotopic (exact) mass is 309 g/mol. The van der Waals surface area contributed by atoms with Gasteiger partial charge in [0.2, 0.25) is 0 Å². The van der Waals surface area contributed by atoms with E-state index in [4.69, 9.17) is 4.74 Å². The van der Waals surface area contributed by atoms with Crippen molar-refractivity contribution < 1.29 is 9.53 Å². The Balaban J connectivity index is 2.15. The van der Waals surface area contributed by atoms with Gasteiger partial charge in [0.1, 0.15) is 0 Å². The summed E-state index contributed by atoms with van der Waals surface area (Å²) in [5, 5.41) is 0. The number of rotatable bonds is 6. The Morgan fingerprint density at radius 1 is 1.04 bits per heavy atom. The van der Waals surface area contributed by atoms with E-state index in [-0.39, 0.29) is 5.97 Å². The van der Waals surface area contributed by atoms with E-state index < -0.39 is 0 Å². The SMILES string of the molecule is CCOC(=O)c1ccccc1/C=C/c1ccc(CN(C)C)cc1. The molecule has 3 nitrogen and oxygen atoms in total. The Morgan fingerprint density at radius 2 is 1.74 bits per heavy atom. The fraction of sp³-hybridized carbons (Fsp3) is 0.250. The van der Waals surface area contributed by atoms with Crippen molar-refractivity contribution in [3.05, 3.63) is 70.8 Å². The highest BCUT2D eigenvalue weighted by Crippen LogP contribution is 2.15. The zero-order chi connectivity index (χ0) is 16.7. The predicted molar refractivity (Wildman–Crippen MR) is 95.2 cm³/mol. The number of hydrogen-bond donors (Lipinski definition) is 0. The summed E-state index contributed by atoms with van der Waals surface area (Å²) in [6, 6.07) is 15.9. The molecule has 0 aromatic heterocycles. The van der Waals surface area contributed by atoms with Gasteiger partial charge >= 0.3 is 5.97 Å². The number of carbonyl (C=O) groups is 1. The molecule has 0 atom stereocenters. The number of ether oxygens (including phenoxy) is 1. The standard InChI is InChI=1S/C20H23NO2/c1-4-23-20(22)19-8-6-5-7-18(19)14-13-16-9-11-17(12-10-16)15-21(2)3/h5-14H,4,15H2,1-3H3/b14-13+. The molecule has 0 spiro atoms. The van der Waals surface area contributed by atoms with E-state index in [1.165, 1.54) is 5.56 Å². The molecule has 2 aromatic carbocycles. The van der Waals surface area contributed by atoms with Crippen LogP contribution in [-0.2, 0) is 11.3 Å². The summed E-state index contributed by atoms with van der Waals surface area (Å²) >= 11 is 0. The molecule has 2 rings (SSSR count). The second-order valence-corrected chi connectivity index (χ2v) is 5.62. The van der Waals surface area contributed by atoms with Gasteiger partial charge in [0, 0.05) is 6.54 Å². The highest BCUT2D eigenvalue weighted by molar-refractivity contribution is 5.94. The van der Waals surface area contributed by atoms with Crippen molar-refractivity contribution in [3.63, 3.8) is 0 Å². The fourth-order valence-corrected chi connectivity index (χ4v) is 2.32. The molecule has 0 N–H and O–H groups in total. The normalized spacial score (nSPS) is 11.1. The Bertz CT molecular complexity index is 672. The van der Waals surface area contributed by atoms with Gasteiger partial charge in [0.05, 0.1) is 12.2 Å². The smallest absolute Gasteiger partial charge is 0.338 e. The van der Waals surface area contributed by atoms with Crippen LogP contribution in [-0.4, -0.2) is 31.6 Å². The molecule has 0 aliphatic carbocycles. The molecule has 0 radical (unpaired) electrons. The van der Waals surface area contributed by atoms with Gasteiger partial charge < -0.3 is 9.64 Å². The van der Waals surface area contributed by atoms with Gasteiger partial charge in [-0.05, 0) is 43.8 Å². The van der Waals surface area contributed by atoms with Crippen LogP contribution in [0.4, 0.5) is 0 Å². The summed E-state index contributed by atoms with van der Waals surface area (Å²) in [7, 11) is 4.11. The predicted octanol–water partition coefficient (Wildman–Crippen LogP) is 4.10. The molecule has 23 heavy (non-hydrogen) atoms. The van der Waals surface area contributed by atoms with Crippen LogP contribution < -0.4 is 0 Å². The quantitative estimate of drug-likeness (QED) is 0.594. The molecule has 0 aliphatic rings. The lowest BCUT2D eigenvalue weighted by Crippen LogP contribution is -2.10. The molecule has 0 aliphatic heterocycles. The lowest BCUT2D eigenvalue weighted by molar-refractivity contribution is 0.0526. The highest BCUT2D eigenvalue weighted by Gasteiger charge is 2.09. The Kier molecular flexibility index (Phi) is 6.12. The zero-order valence-electron chi connectivity index (χ0n) is 14.0. The van der Waals surface area contributed by atoms with Crippen LogP contribution in [0, 0.1) is 0 Å². The first-order chi connectivity index (χ1) is 11.1. The molecular formula is C20H23NO2. The average molecular weight is 309 g/mol. The van der Waals surface area contributed by atoms with Gasteiger partial charge in [-0.3, -0.25) is 0 Å². The number of nitrogens with zero attached hydrogens (tertiary/aromatic N) is 1. The first-order valence-electron chi connectivity index (χ1n) is 7.78. The van der Waals surface area contributed by atoms with Crippen molar-refractivity contribution in [2.24, 2.45) is 0 Å². The van der Waals surface area contributed by atoms with Crippen LogP contribution in [0.5, 0.6) is 0 Å². The van der Waals surface area contributed by atoms with Gasteiger partial charge in [-0.1, -0.05) is 54.6 Å². The maximum absolute atomic E-state index is 12.0. The molecule has 120 valence electrons. The number of esters is 1. The minimum atomic E-state index is -0.283. The topological polar surface area (TPSA) is 29.5 Å². The lowest BCUT2D eigenvalue weighted by atomic mass is 10.1. The third kappa shape index (κ3) is 5.08. The van der Waals surface area contributed by atoms with Gasteiger partial charge in [0.25, 0.3) is 0 Å². The van der Waals surface area contributed by atoms with Crippen molar-refractivity contribution in [3.8, 4) is 0 Å². The van der Waals surface area contributed by atoms with Crippen molar-refractivity contribution in [1.82, 2.24) is 4.90 Å². The van der Waals surface area contributed by atoms with Crippen molar-refractivity contribution in [2.75, 3.05) is 20.7 Å². The van der Waals surface area contributed by atoms with Crippen molar-refractivity contribution in [2.45, 2.75) is 13.5 Å². The Morgan fingerprint density at radius 3 is 2.39 bits per heavy atom. The first-order valence-corrected chi connectivity index (χ1v) is 7.78. The van der Waals surface area contributed by atoms with Crippen LogP contribution in [0.2, 0.25) is 0 Å². The van der Waals surface area contributed by atoms with Crippen LogP contribution in [0.25, 0.3) is 12.2 Å². The summed E-state index contributed by atoms with van der Waals surface area (Å²) in [6.07, 6.45) is 3.96. The zero-order valence-corrected chi connectivity index (χ0v) is 14.0. The van der Waals surface area contributed by atoms with Crippen LogP contribution >= 0.6 is 0 Å². The molecule has 0 heterocycles. The molecular weight excluding hydrogens is 286 g/mol.